The molecule has 1 aromatic carbocycles. The van der Waals surface area contributed by atoms with Gasteiger partial charge < -0.3 is 20.2 Å². The summed E-state index contributed by atoms with van der Waals surface area (Å²) in [6.45, 7) is 4.41. The summed E-state index contributed by atoms with van der Waals surface area (Å²) in [5, 5.41) is 35.3. The zero-order valence-electron chi connectivity index (χ0n) is 23.9. The molecule has 5 heterocycles. The summed E-state index contributed by atoms with van der Waals surface area (Å²) in [5.41, 5.74) is 3.70. The SMILES string of the molecule is C[C@H]1CCN(c2cnnc(-c3ccccc3O)c2)CCN1c1ccc(C#N)c(C#CCNC(=O)c2cc3ncccn3n2)n1. The van der Waals surface area contributed by atoms with E-state index >= 15 is 0 Å². The first kappa shape index (κ1) is 28.1. The van der Waals surface area contributed by atoms with E-state index in [4.69, 9.17) is 4.98 Å². The fourth-order valence-corrected chi connectivity index (χ4v) is 5.09. The molecule has 12 heteroatoms. The second-order valence-electron chi connectivity index (χ2n) is 10.2. The zero-order valence-corrected chi connectivity index (χ0v) is 23.9. The lowest BCUT2D eigenvalue weighted by Crippen LogP contribution is -2.35. The van der Waals surface area contributed by atoms with Crippen LogP contribution >= 0.6 is 0 Å². The van der Waals surface area contributed by atoms with Gasteiger partial charge in [0, 0.05) is 49.7 Å². The third kappa shape index (κ3) is 5.96. The molecule has 1 aliphatic rings. The van der Waals surface area contributed by atoms with Crippen LogP contribution in [0, 0.1) is 23.2 Å². The molecule has 1 amide bonds. The Kier molecular flexibility index (Phi) is 7.97. The summed E-state index contributed by atoms with van der Waals surface area (Å²) in [7, 11) is 0. The van der Waals surface area contributed by atoms with Crippen LogP contribution in [0.4, 0.5) is 11.5 Å². The van der Waals surface area contributed by atoms with Crippen LogP contribution in [-0.2, 0) is 0 Å². The number of pyridine rings is 1. The van der Waals surface area contributed by atoms with E-state index in [9.17, 15) is 15.2 Å². The lowest BCUT2D eigenvalue weighted by atomic mass is 10.1. The van der Waals surface area contributed by atoms with E-state index in [-0.39, 0.29) is 29.9 Å². The summed E-state index contributed by atoms with van der Waals surface area (Å²) in [4.78, 5) is 25.9. The number of benzene rings is 1. The quantitative estimate of drug-likeness (QED) is 0.295. The Hall–Kier alpha value is -6.01. The predicted molar refractivity (Wildman–Crippen MR) is 164 cm³/mol. The summed E-state index contributed by atoms with van der Waals surface area (Å²) in [5.74, 6) is 6.39. The Morgan fingerprint density at radius 1 is 1.14 bits per heavy atom. The molecule has 0 aliphatic carbocycles. The molecule has 0 saturated carbocycles. The average Bonchev–Trinajstić information content (AvgIpc) is 3.40. The van der Waals surface area contributed by atoms with Crippen molar-refractivity contribution < 1.29 is 9.90 Å². The predicted octanol–water partition coefficient (Wildman–Crippen LogP) is 3.05. The number of phenols is 1. The zero-order chi connectivity index (χ0) is 30.5. The van der Waals surface area contributed by atoms with Gasteiger partial charge in [0.05, 0.1) is 29.7 Å². The maximum absolute atomic E-state index is 12.5. The van der Waals surface area contributed by atoms with Gasteiger partial charge in [-0.15, -0.1) is 0 Å². The number of amides is 1. The lowest BCUT2D eigenvalue weighted by molar-refractivity contribution is 0.0953. The van der Waals surface area contributed by atoms with E-state index in [2.05, 4.69) is 60.2 Å². The number of hydrogen-bond donors (Lipinski definition) is 2. The fourth-order valence-electron chi connectivity index (χ4n) is 5.09. The van der Waals surface area contributed by atoms with Gasteiger partial charge >= 0.3 is 0 Å². The number of aromatic hydroxyl groups is 1. The number of carbonyl (C=O) groups is 1. The van der Waals surface area contributed by atoms with E-state index < -0.39 is 0 Å². The van der Waals surface area contributed by atoms with Crippen LogP contribution in [0.5, 0.6) is 5.75 Å². The van der Waals surface area contributed by atoms with Crippen molar-refractivity contribution in [2.75, 3.05) is 36.0 Å². The van der Waals surface area contributed by atoms with Crippen LogP contribution in [0.3, 0.4) is 0 Å². The number of anilines is 2. The van der Waals surface area contributed by atoms with Crippen molar-refractivity contribution in [1.82, 2.24) is 35.1 Å². The van der Waals surface area contributed by atoms with E-state index in [1.54, 1.807) is 48.9 Å². The molecule has 1 aliphatic heterocycles. The monoisotopic (exact) mass is 584 g/mol. The van der Waals surface area contributed by atoms with Gasteiger partial charge in [0.25, 0.3) is 5.91 Å². The molecular weight excluding hydrogens is 556 g/mol. The Balaban J connectivity index is 1.14. The normalized spacial score (nSPS) is 14.8. The number of fused-ring (bicyclic) bond motifs is 1. The summed E-state index contributed by atoms with van der Waals surface area (Å²) >= 11 is 0. The van der Waals surface area contributed by atoms with Gasteiger partial charge in [-0.2, -0.15) is 20.6 Å². The maximum Gasteiger partial charge on any atom is 0.272 e. The van der Waals surface area contributed by atoms with Crippen LogP contribution in [-0.4, -0.2) is 73.0 Å². The largest absolute Gasteiger partial charge is 0.507 e. The first-order chi connectivity index (χ1) is 21.5. The molecule has 12 nitrogen and oxygen atoms in total. The van der Waals surface area contributed by atoms with E-state index in [1.807, 2.05) is 24.3 Å². The number of nitriles is 1. The number of rotatable bonds is 5. The van der Waals surface area contributed by atoms with Crippen LogP contribution in [0.15, 0.2) is 73.2 Å². The van der Waals surface area contributed by atoms with Crippen molar-refractivity contribution in [2.45, 2.75) is 19.4 Å². The number of hydrogen-bond acceptors (Lipinski definition) is 10. The number of nitrogens with zero attached hydrogens (tertiary/aromatic N) is 9. The standard InChI is InChI=1S/C32H28N10O2/c1-22-11-15-40(24-18-27(38-36-21-24)25-6-2-3-8-29(25)43)16-17-41(22)30-10-9-23(20-33)26(37-30)7-4-12-35-32(44)28-19-31-34-13-5-14-42(31)39-28/h2-3,5-6,8-10,13-14,18-19,21-22,43H,11-12,15-17H2,1H3,(H,35,44)/t22-/m0/s1. The highest BCUT2D eigenvalue weighted by atomic mass is 16.3. The minimum atomic E-state index is -0.368. The fraction of sp³-hybridized carbons (Fsp3) is 0.219. The molecule has 0 spiro atoms. The summed E-state index contributed by atoms with van der Waals surface area (Å²) in [6, 6.07) is 18.3. The number of nitrogens with one attached hydrogen (secondary N) is 1. The Labute approximate surface area is 253 Å². The third-order valence-electron chi connectivity index (χ3n) is 7.45. The molecule has 44 heavy (non-hydrogen) atoms. The van der Waals surface area contributed by atoms with Crippen LogP contribution in [0.25, 0.3) is 16.9 Å². The Morgan fingerprint density at radius 3 is 2.86 bits per heavy atom. The van der Waals surface area contributed by atoms with Crippen LogP contribution < -0.4 is 15.1 Å². The van der Waals surface area contributed by atoms with Crippen molar-refractivity contribution in [3.63, 3.8) is 0 Å². The maximum atomic E-state index is 12.5. The molecule has 0 bridgehead atoms. The second kappa shape index (κ2) is 12.5. The summed E-state index contributed by atoms with van der Waals surface area (Å²) in [6.07, 6.45) is 5.95. The smallest absolute Gasteiger partial charge is 0.272 e. The van der Waals surface area contributed by atoms with Crippen molar-refractivity contribution >= 4 is 23.1 Å². The molecule has 218 valence electrons. The van der Waals surface area contributed by atoms with E-state index in [0.717, 1.165) is 24.5 Å². The molecule has 1 atom stereocenters. The van der Waals surface area contributed by atoms with Crippen molar-refractivity contribution in [2.24, 2.45) is 0 Å². The number of aromatic nitrogens is 6. The van der Waals surface area contributed by atoms with Gasteiger partial charge in [-0.3, -0.25) is 4.79 Å². The topological polar surface area (TPSA) is 148 Å². The van der Waals surface area contributed by atoms with E-state index in [0.29, 0.717) is 41.3 Å². The lowest BCUT2D eigenvalue weighted by Gasteiger charge is -2.28. The number of phenolic OH excluding ortho intramolecular Hbond substituents is 1. The molecule has 1 fully saturated rings. The third-order valence-corrected chi connectivity index (χ3v) is 7.45. The van der Waals surface area contributed by atoms with Crippen LogP contribution in [0.1, 0.15) is 35.1 Å². The van der Waals surface area contributed by atoms with Gasteiger partial charge in [-0.1, -0.05) is 18.1 Å². The second-order valence-corrected chi connectivity index (χ2v) is 10.2. The van der Waals surface area contributed by atoms with Crippen molar-refractivity contribution in [3.8, 4) is 34.9 Å². The van der Waals surface area contributed by atoms with E-state index in [1.165, 1.54) is 4.52 Å². The average molecular weight is 585 g/mol. The number of para-hydroxylation sites is 1. The minimum Gasteiger partial charge on any atom is -0.507 e. The molecule has 6 rings (SSSR count). The highest BCUT2D eigenvalue weighted by Crippen LogP contribution is 2.30. The highest BCUT2D eigenvalue weighted by Gasteiger charge is 2.23. The first-order valence-electron chi connectivity index (χ1n) is 14.1. The van der Waals surface area contributed by atoms with Gasteiger partial charge in [0.2, 0.25) is 0 Å². The van der Waals surface area contributed by atoms with Gasteiger partial charge in [0.1, 0.15) is 23.3 Å². The first-order valence-corrected chi connectivity index (χ1v) is 14.1. The molecule has 1 saturated heterocycles. The minimum absolute atomic E-state index is 0.0642. The van der Waals surface area contributed by atoms with Gasteiger partial charge in [-0.25, -0.2) is 14.5 Å². The van der Waals surface area contributed by atoms with Gasteiger partial charge in [0.15, 0.2) is 11.3 Å². The highest BCUT2D eigenvalue weighted by molar-refractivity contribution is 5.93. The van der Waals surface area contributed by atoms with Crippen LogP contribution in [0.2, 0.25) is 0 Å². The molecule has 0 unspecified atom stereocenters. The summed E-state index contributed by atoms with van der Waals surface area (Å²) < 4.78 is 1.53. The van der Waals surface area contributed by atoms with Crippen molar-refractivity contribution in [3.05, 3.63) is 90.1 Å². The van der Waals surface area contributed by atoms with Gasteiger partial charge in [-0.05, 0) is 55.7 Å². The van der Waals surface area contributed by atoms with Crippen molar-refractivity contribution in [1.29, 1.82) is 5.26 Å². The molecular formula is C32H28N10O2. The Morgan fingerprint density at radius 2 is 2.02 bits per heavy atom. The molecule has 4 aromatic heterocycles. The molecule has 2 N–H and O–H groups in total. The molecule has 0 radical (unpaired) electrons. The number of carbonyl (C=O) groups excluding carboxylic acids is 1. The molecule has 5 aromatic rings. The Bertz CT molecular complexity index is 1900.